The molecule has 40 heavy (non-hydrogen) atoms. The van der Waals surface area contributed by atoms with Crippen LogP contribution in [0.1, 0.15) is 72.3 Å². The van der Waals surface area contributed by atoms with Crippen molar-refractivity contribution in [3.63, 3.8) is 0 Å². The van der Waals surface area contributed by atoms with E-state index in [1.54, 1.807) is 7.11 Å². The molecular formula is C30H37NO8S. The molecule has 2 aromatic carbocycles. The zero-order valence-corrected chi connectivity index (χ0v) is 24.5. The van der Waals surface area contributed by atoms with Crippen LogP contribution in [-0.2, 0) is 6.42 Å². The number of methoxy groups -OCH3 is 2. The summed E-state index contributed by atoms with van der Waals surface area (Å²) in [5.41, 5.74) is 1.14. The normalized spacial score (nSPS) is 16.3. The number of carbonyl (C=O) groups is 1. The summed E-state index contributed by atoms with van der Waals surface area (Å²) in [6.07, 6.45) is 4.12. The number of aromatic nitrogens is 1. The molecule has 3 aromatic rings. The van der Waals surface area contributed by atoms with Crippen molar-refractivity contribution in [3.8, 4) is 34.6 Å². The summed E-state index contributed by atoms with van der Waals surface area (Å²) in [5, 5.41) is 9.85. The molecule has 1 aromatic heterocycles. The fourth-order valence-corrected chi connectivity index (χ4v) is 5.62. The summed E-state index contributed by atoms with van der Waals surface area (Å²) in [7, 11) is 3.07. The number of ether oxygens (including phenoxy) is 5. The van der Waals surface area contributed by atoms with Gasteiger partial charge in [-0.3, -0.25) is 14.6 Å². The molecule has 1 atom stereocenters. The Labute approximate surface area is 238 Å². The molecule has 1 aliphatic heterocycles. The van der Waals surface area contributed by atoms with Crippen LogP contribution in [0.4, 0.5) is 0 Å². The molecule has 1 unspecified atom stereocenters. The summed E-state index contributed by atoms with van der Waals surface area (Å²) < 4.78 is 30.2. The summed E-state index contributed by atoms with van der Waals surface area (Å²) in [5.74, 6) is 2.04. The first kappa shape index (κ1) is 29.3. The Bertz CT molecular complexity index is 1390. The highest BCUT2D eigenvalue weighted by molar-refractivity contribution is 7.09. The molecule has 9 nitrogen and oxygen atoms in total. The van der Waals surface area contributed by atoms with Crippen LogP contribution in [-0.4, -0.2) is 48.9 Å². The van der Waals surface area contributed by atoms with E-state index in [0.29, 0.717) is 64.2 Å². The monoisotopic (exact) mass is 571 g/mol. The van der Waals surface area contributed by atoms with Gasteiger partial charge >= 0.3 is 4.87 Å². The Morgan fingerprint density at radius 1 is 1.02 bits per heavy atom. The number of fused-ring (bicyclic) bond motifs is 1. The zero-order valence-electron chi connectivity index (χ0n) is 23.7. The van der Waals surface area contributed by atoms with Gasteiger partial charge in [0.05, 0.1) is 37.7 Å². The molecule has 2 heterocycles. The molecule has 0 saturated carbocycles. The van der Waals surface area contributed by atoms with Crippen molar-refractivity contribution >= 4 is 17.1 Å². The number of nitrogens with one attached hydrogen (secondary N) is 1. The number of thiazole rings is 1. The number of aromatic amines is 1. The molecule has 10 heteroatoms. The Kier molecular flexibility index (Phi) is 9.29. The maximum atomic E-state index is 13.6. The van der Waals surface area contributed by atoms with Gasteiger partial charge in [0.25, 0.3) is 0 Å². The SMILES string of the molecule is CCCCCOc1c(C)c2c(c(OC)c1OC)OC(CC)(COc1ccc(Cc3sc(=O)[nH]c3O)cc1)CC2=O. The second-order valence-electron chi connectivity index (χ2n) is 9.91. The second kappa shape index (κ2) is 12.7. The van der Waals surface area contributed by atoms with Gasteiger partial charge in [-0.2, -0.15) is 0 Å². The number of H-pyrrole nitrogens is 1. The average molecular weight is 572 g/mol. The van der Waals surface area contributed by atoms with Crippen molar-refractivity contribution in [2.45, 2.75) is 64.9 Å². The van der Waals surface area contributed by atoms with Crippen molar-refractivity contribution in [1.29, 1.82) is 0 Å². The van der Waals surface area contributed by atoms with Gasteiger partial charge in [0.1, 0.15) is 18.0 Å². The van der Waals surface area contributed by atoms with E-state index in [2.05, 4.69) is 11.9 Å². The highest BCUT2D eigenvalue weighted by Crippen LogP contribution is 2.53. The quantitative estimate of drug-likeness (QED) is 0.247. The van der Waals surface area contributed by atoms with Gasteiger partial charge < -0.3 is 28.8 Å². The maximum absolute atomic E-state index is 13.6. The second-order valence-corrected chi connectivity index (χ2v) is 11.0. The molecule has 2 N–H and O–H groups in total. The number of benzene rings is 2. The number of unbranched alkanes of at least 4 members (excludes halogenated alkanes) is 2. The maximum Gasteiger partial charge on any atom is 0.307 e. The van der Waals surface area contributed by atoms with E-state index < -0.39 is 5.60 Å². The predicted molar refractivity (Wildman–Crippen MR) is 153 cm³/mol. The van der Waals surface area contributed by atoms with E-state index in [1.807, 2.05) is 38.1 Å². The van der Waals surface area contributed by atoms with Crippen LogP contribution in [0.2, 0.25) is 0 Å². The van der Waals surface area contributed by atoms with Crippen molar-refractivity contribution < 1.29 is 33.6 Å². The Balaban J connectivity index is 1.55. The fraction of sp³-hybridized carbons (Fsp3) is 0.467. The number of carbonyl (C=O) groups excluding carboxylic acids is 1. The molecule has 0 saturated heterocycles. The van der Waals surface area contributed by atoms with E-state index in [0.717, 1.165) is 36.2 Å². The lowest BCUT2D eigenvalue weighted by Gasteiger charge is -2.38. The number of aromatic hydroxyl groups is 1. The minimum Gasteiger partial charge on any atom is -0.494 e. The van der Waals surface area contributed by atoms with Crippen LogP contribution in [0.5, 0.6) is 34.6 Å². The minimum atomic E-state index is -0.903. The van der Waals surface area contributed by atoms with Crippen LogP contribution in [0, 0.1) is 6.92 Å². The molecule has 1 aliphatic rings. The lowest BCUT2D eigenvalue weighted by Crippen LogP contribution is -2.47. The van der Waals surface area contributed by atoms with E-state index in [9.17, 15) is 14.7 Å². The molecule has 0 radical (unpaired) electrons. The lowest BCUT2D eigenvalue weighted by molar-refractivity contribution is 0.000259. The molecule has 0 bridgehead atoms. The van der Waals surface area contributed by atoms with Gasteiger partial charge in [-0.05, 0) is 37.5 Å². The topological polar surface area (TPSA) is 116 Å². The van der Waals surface area contributed by atoms with Crippen molar-refractivity contribution in [2.24, 2.45) is 0 Å². The number of hydrogen-bond donors (Lipinski definition) is 2. The summed E-state index contributed by atoms with van der Waals surface area (Å²) >= 11 is 0.985. The first-order valence-electron chi connectivity index (χ1n) is 13.5. The summed E-state index contributed by atoms with van der Waals surface area (Å²) in [6.45, 7) is 6.60. The number of rotatable bonds is 13. The largest absolute Gasteiger partial charge is 0.494 e. The van der Waals surface area contributed by atoms with Gasteiger partial charge in [-0.25, -0.2) is 0 Å². The van der Waals surface area contributed by atoms with Gasteiger partial charge in [0.15, 0.2) is 17.3 Å². The molecule has 0 aliphatic carbocycles. The molecular weight excluding hydrogens is 534 g/mol. The van der Waals surface area contributed by atoms with Crippen LogP contribution in [0.25, 0.3) is 0 Å². The van der Waals surface area contributed by atoms with E-state index in [-0.39, 0.29) is 29.6 Å². The van der Waals surface area contributed by atoms with Crippen molar-refractivity contribution in [3.05, 3.63) is 55.5 Å². The standard InChI is InChI=1S/C30H37NO8S/c1-6-8-9-14-37-24-18(3)23-21(32)16-30(7-2,39-25(23)27(36-5)26(24)35-4)17-38-20-12-10-19(11-13-20)15-22-28(33)31-29(34)40-22/h10-13,33H,6-9,14-17H2,1-5H3,(H,31,34). The van der Waals surface area contributed by atoms with Crippen LogP contribution in [0.15, 0.2) is 29.1 Å². The minimum absolute atomic E-state index is 0.0655. The third-order valence-electron chi connectivity index (χ3n) is 7.18. The molecule has 0 fully saturated rings. The van der Waals surface area contributed by atoms with Gasteiger partial charge in [0, 0.05) is 12.0 Å². The zero-order chi connectivity index (χ0) is 28.9. The molecule has 216 valence electrons. The number of ketones is 1. The smallest absolute Gasteiger partial charge is 0.307 e. The lowest BCUT2D eigenvalue weighted by atomic mass is 9.86. The number of Topliss-reactive ketones (excluding diaryl/α,β-unsaturated/α-hetero) is 1. The van der Waals surface area contributed by atoms with E-state index in [1.165, 1.54) is 7.11 Å². The van der Waals surface area contributed by atoms with Gasteiger partial charge in [-0.1, -0.05) is 50.2 Å². The third-order valence-corrected chi connectivity index (χ3v) is 8.05. The number of hydrogen-bond acceptors (Lipinski definition) is 9. The van der Waals surface area contributed by atoms with Crippen molar-refractivity contribution in [1.82, 2.24) is 4.98 Å². The van der Waals surface area contributed by atoms with Crippen LogP contribution < -0.4 is 28.6 Å². The fourth-order valence-electron chi connectivity index (χ4n) is 4.87. The van der Waals surface area contributed by atoms with Crippen molar-refractivity contribution in [2.75, 3.05) is 27.4 Å². The predicted octanol–water partition coefficient (Wildman–Crippen LogP) is 5.82. The highest BCUT2D eigenvalue weighted by Gasteiger charge is 2.44. The highest BCUT2D eigenvalue weighted by atomic mass is 32.1. The van der Waals surface area contributed by atoms with Crippen LogP contribution >= 0.6 is 11.3 Å². The molecule has 4 rings (SSSR count). The summed E-state index contributed by atoms with van der Waals surface area (Å²) in [4.78, 5) is 27.7. The Hall–Kier alpha value is -3.66. The average Bonchev–Trinajstić information content (AvgIpc) is 3.26. The summed E-state index contributed by atoms with van der Waals surface area (Å²) in [6, 6.07) is 7.39. The molecule has 0 amide bonds. The molecule has 0 spiro atoms. The first-order chi connectivity index (χ1) is 19.3. The van der Waals surface area contributed by atoms with E-state index >= 15 is 0 Å². The third kappa shape index (κ3) is 6.06. The first-order valence-corrected chi connectivity index (χ1v) is 14.3. The van der Waals surface area contributed by atoms with Crippen LogP contribution in [0.3, 0.4) is 0 Å². The Morgan fingerprint density at radius 2 is 1.75 bits per heavy atom. The van der Waals surface area contributed by atoms with Gasteiger partial charge in [0.2, 0.25) is 17.4 Å². The Morgan fingerprint density at radius 3 is 2.35 bits per heavy atom. The van der Waals surface area contributed by atoms with Gasteiger partial charge in [-0.15, -0.1) is 0 Å². The van der Waals surface area contributed by atoms with E-state index in [4.69, 9.17) is 23.7 Å².